The van der Waals surface area contributed by atoms with Crippen LogP contribution in [0, 0.1) is 62.2 Å². The number of hydrogen-bond acceptors (Lipinski definition) is 0. The first-order chi connectivity index (χ1) is 26.9. The van der Waals surface area contributed by atoms with Crippen molar-refractivity contribution < 1.29 is 20.8 Å². The molecule has 0 nitrogen and oxygen atoms in total. The predicted octanol–water partition coefficient (Wildman–Crippen LogP) is 17.5. The molecule has 0 spiro atoms. The van der Waals surface area contributed by atoms with Crippen molar-refractivity contribution in [1.82, 2.24) is 0 Å². The Hall–Kier alpha value is -0.920. The summed E-state index contributed by atoms with van der Waals surface area (Å²) in [5.41, 5.74) is 14.5. The first kappa shape index (κ1) is 50.1. The van der Waals surface area contributed by atoms with Gasteiger partial charge in [-0.15, -0.1) is 0 Å². The molecule has 0 aliphatic heterocycles. The van der Waals surface area contributed by atoms with Crippen molar-refractivity contribution in [2.75, 3.05) is 0 Å². The van der Waals surface area contributed by atoms with Crippen LogP contribution in [-0.4, -0.2) is 8.07 Å². The van der Waals surface area contributed by atoms with E-state index < -0.39 is 28.9 Å². The zero-order valence-electron chi connectivity index (χ0n) is 40.7. The molecule has 6 aliphatic rings. The molecule has 0 saturated heterocycles. The van der Waals surface area contributed by atoms with Crippen LogP contribution in [0.25, 0.3) is 11.1 Å². The van der Waals surface area contributed by atoms with Gasteiger partial charge in [0.2, 0.25) is 0 Å². The molecule has 4 fully saturated rings. The van der Waals surface area contributed by atoms with Crippen molar-refractivity contribution in [3.05, 3.63) is 121 Å². The maximum absolute atomic E-state index is 4.93. The van der Waals surface area contributed by atoms with E-state index in [0.717, 1.165) is 34.8 Å². The van der Waals surface area contributed by atoms with Gasteiger partial charge in [0.25, 0.3) is 0 Å². The van der Waals surface area contributed by atoms with Crippen LogP contribution in [0.4, 0.5) is 0 Å². The van der Waals surface area contributed by atoms with Crippen LogP contribution in [0.5, 0.6) is 0 Å². The molecule has 0 heterocycles. The summed E-state index contributed by atoms with van der Waals surface area (Å²) in [6.07, 6.45) is 24.3. The molecule has 2 aromatic carbocycles. The Morgan fingerprint density at radius 1 is 0.500 bits per heavy atom. The molecule has 0 amide bonds. The second-order valence-electron chi connectivity index (χ2n) is 24.4. The molecule has 8 atom stereocenters. The van der Waals surface area contributed by atoms with E-state index in [2.05, 4.69) is 169 Å². The van der Waals surface area contributed by atoms with Crippen LogP contribution in [0.1, 0.15) is 155 Å². The van der Waals surface area contributed by atoms with Gasteiger partial charge in [-0.2, -0.15) is 0 Å². The van der Waals surface area contributed by atoms with Crippen LogP contribution in [0.15, 0.2) is 72.9 Å². The molecule has 8 rings (SSSR count). The van der Waals surface area contributed by atoms with Crippen molar-refractivity contribution in [2.24, 2.45) is 47.3 Å². The van der Waals surface area contributed by atoms with Gasteiger partial charge in [-0.25, -0.2) is 0 Å². The number of hydrogen-bond donors (Lipinski definition) is 0. The molecule has 6 aliphatic carbocycles. The molecule has 4 saturated carbocycles. The number of halogens is 2. The van der Waals surface area contributed by atoms with E-state index in [1.54, 1.807) is 11.1 Å². The standard InChI is InChI=1S/C54H76Si.2CH3.2ClH.Zr/c1-51(2,3)37-25-35(26-38(29-37)52(4,5)6)41-17-15-19-43-47(41)31-45(33-21-22-33)49(43)55(13,14)50-44-20-16-18-42(48(44)32-46(50)34-23-24-34)36-27-39(53(7,8)9)30-40(28-36)54(10,11)12;;;;;/h15-20,25-30,33-34,43-50H,21-24,31-32H2,1-14H3;2*1H3;2*1H;/q;2*-1;;;+4/p-2. The van der Waals surface area contributed by atoms with Gasteiger partial charge in [-0.05, 0) is 163 Å². The molecule has 4 heteroatoms. The third-order valence-corrected chi connectivity index (χ3v) is 21.0. The van der Waals surface area contributed by atoms with Gasteiger partial charge >= 0.3 is 37.9 Å². The summed E-state index contributed by atoms with van der Waals surface area (Å²) in [6, 6.07) is 15.4. The van der Waals surface area contributed by atoms with E-state index >= 15 is 0 Å². The minimum atomic E-state index is -1.81. The van der Waals surface area contributed by atoms with Gasteiger partial charge in [0.1, 0.15) is 0 Å². The molecule has 8 unspecified atom stereocenters. The van der Waals surface area contributed by atoms with E-state index in [1.807, 2.05) is 0 Å². The van der Waals surface area contributed by atoms with Crippen molar-refractivity contribution in [2.45, 2.75) is 167 Å². The third kappa shape index (κ3) is 10.1. The van der Waals surface area contributed by atoms with Gasteiger partial charge in [-0.1, -0.05) is 169 Å². The number of benzene rings is 2. The zero-order valence-corrected chi connectivity index (χ0v) is 45.7. The number of allylic oxidation sites excluding steroid dienone is 8. The normalized spacial score (nSPS) is 28.9. The van der Waals surface area contributed by atoms with E-state index in [9.17, 15) is 0 Å². The van der Waals surface area contributed by atoms with Crippen molar-refractivity contribution in [1.29, 1.82) is 0 Å². The summed E-state index contributed by atoms with van der Waals surface area (Å²) in [5.74, 6) is 6.34. The van der Waals surface area contributed by atoms with Gasteiger partial charge in [0.05, 0.1) is 8.07 Å². The van der Waals surface area contributed by atoms with Gasteiger partial charge < -0.3 is 14.9 Å². The monoisotopic (exact) mass is 942 g/mol. The molecule has 2 aromatic rings. The molecule has 60 heavy (non-hydrogen) atoms. The summed E-state index contributed by atoms with van der Waals surface area (Å²) in [6.45, 7) is 34.6. The number of rotatable bonds is 6. The second kappa shape index (κ2) is 18.2. The fourth-order valence-corrected chi connectivity index (χ4v) is 18.7. The van der Waals surface area contributed by atoms with Crippen LogP contribution in [0.2, 0.25) is 24.2 Å². The van der Waals surface area contributed by atoms with Crippen molar-refractivity contribution in [3.8, 4) is 0 Å². The van der Waals surface area contributed by atoms with E-state index in [4.69, 9.17) is 17.0 Å². The van der Waals surface area contributed by atoms with Crippen LogP contribution < -0.4 is 0 Å². The van der Waals surface area contributed by atoms with Gasteiger partial charge in [0.15, 0.2) is 0 Å². The van der Waals surface area contributed by atoms with Gasteiger partial charge in [0, 0.05) is 0 Å². The summed E-state index contributed by atoms with van der Waals surface area (Å²) < 4.78 is 0. The molecule has 0 radical (unpaired) electrons. The Balaban J connectivity index is 0.00000133. The first-order valence-corrected chi connectivity index (χ1v) is 32.5. The summed E-state index contributed by atoms with van der Waals surface area (Å²) >= 11 is -0.826. The molecule has 0 bridgehead atoms. The second-order valence-corrected chi connectivity index (χ2v) is 33.1. The molecule has 0 N–H and O–H groups in total. The van der Waals surface area contributed by atoms with Gasteiger partial charge in [-0.3, -0.25) is 0 Å². The van der Waals surface area contributed by atoms with Crippen LogP contribution in [-0.2, 0) is 42.5 Å². The summed E-state index contributed by atoms with van der Waals surface area (Å²) in [7, 11) is 8.06. The minimum absolute atomic E-state index is 0. The average molecular weight is 945 g/mol. The predicted molar refractivity (Wildman–Crippen MR) is 267 cm³/mol. The van der Waals surface area contributed by atoms with Crippen molar-refractivity contribution >= 4 is 36.2 Å². The third-order valence-electron chi connectivity index (χ3n) is 15.9. The molecular formula is C56H82Cl2SiZr. The Labute approximate surface area is 390 Å². The first-order valence-electron chi connectivity index (χ1n) is 23.0. The molecular weight excluding hydrogens is 863 g/mol. The van der Waals surface area contributed by atoms with E-state index in [0.29, 0.717) is 23.7 Å². The Morgan fingerprint density at radius 2 is 0.783 bits per heavy atom. The Bertz CT molecular complexity index is 1760. The number of fused-ring (bicyclic) bond motifs is 2. The fourth-order valence-electron chi connectivity index (χ4n) is 12.5. The molecule has 0 aromatic heterocycles. The van der Waals surface area contributed by atoms with E-state index in [-0.39, 0.29) is 36.5 Å². The Kier molecular flexibility index (Phi) is 15.2. The SMILES string of the molecule is CC(C)(C)c1cc(C2=CC=CC3C2CC(C2CC2)C3[Si](C)(C)C2C3C=CC=C(c4cc(C(C)(C)C)cc(C(C)(C)C)c4)C3CC2C2CC2)cc(C(C)(C)C)c1.[CH3-].[CH3-].[Cl][Zr+2][Cl]. The maximum atomic E-state index is 4.93. The van der Waals surface area contributed by atoms with Crippen LogP contribution in [0.3, 0.4) is 0 Å². The topological polar surface area (TPSA) is 0 Å². The molecule has 328 valence electrons. The van der Waals surface area contributed by atoms with Crippen molar-refractivity contribution in [3.63, 3.8) is 0 Å². The van der Waals surface area contributed by atoms with E-state index in [1.165, 1.54) is 71.9 Å². The Morgan fingerprint density at radius 3 is 1.03 bits per heavy atom. The van der Waals surface area contributed by atoms with Crippen LogP contribution >= 0.6 is 17.0 Å². The average Bonchev–Trinajstić information content (AvgIpc) is 4.07. The zero-order chi connectivity index (χ0) is 42.3. The quantitative estimate of drug-likeness (QED) is 0.200. The summed E-state index contributed by atoms with van der Waals surface area (Å²) in [5, 5.41) is 0. The fraction of sp³-hybridized carbons (Fsp3) is 0.607. The summed E-state index contributed by atoms with van der Waals surface area (Å²) in [4.78, 5) is 0.